The molecule has 0 bridgehead atoms. The molecule has 2 rings (SSSR count). The highest BCUT2D eigenvalue weighted by Gasteiger charge is 2.02. The normalized spacial score (nSPS) is 10.4. The largest absolute Gasteiger partial charge is 0.506 e. The molecule has 0 aliphatic carbocycles. The maximum Gasteiger partial charge on any atom is 0.134 e. The molecule has 0 heterocycles. The summed E-state index contributed by atoms with van der Waals surface area (Å²) in [5, 5.41) is 10.3. The monoisotopic (exact) mass is 251 g/mol. The molecular formula is C13H9Cl2O. The van der Waals surface area contributed by atoms with Crippen LogP contribution in [0.4, 0.5) is 0 Å². The molecule has 2 aromatic rings. The average molecular weight is 252 g/mol. The highest BCUT2D eigenvalue weighted by Crippen LogP contribution is 2.26. The van der Waals surface area contributed by atoms with Gasteiger partial charge in [0.1, 0.15) is 5.75 Å². The summed E-state index contributed by atoms with van der Waals surface area (Å²) in [6.45, 7) is 0. The van der Waals surface area contributed by atoms with Gasteiger partial charge < -0.3 is 5.11 Å². The van der Waals surface area contributed by atoms with Gasteiger partial charge in [0.25, 0.3) is 0 Å². The van der Waals surface area contributed by atoms with E-state index in [2.05, 4.69) is 0 Å². The van der Waals surface area contributed by atoms with E-state index in [9.17, 15) is 5.11 Å². The molecule has 0 saturated carbocycles. The van der Waals surface area contributed by atoms with Crippen molar-refractivity contribution in [1.29, 1.82) is 0 Å². The summed E-state index contributed by atoms with van der Waals surface area (Å²) in [4.78, 5) is 0. The fraction of sp³-hybridized carbons (Fsp3) is 0. The van der Waals surface area contributed by atoms with Crippen LogP contribution >= 0.6 is 23.2 Å². The van der Waals surface area contributed by atoms with Crippen LogP contribution in [0.3, 0.4) is 0 Å². The third-order valence-corrected chi connectivity index (χ3v) is 2.69. The molecule has 0 atom stereocenters. The highest BCUT2D eigenvalue weighted by molar-refractivity contribution is 6.32. The van der Waals surface area contributed by atoms with E-state index in [1.165, 1.54) is 0 Å². The van der Waals surface area contributed by atoms with Crippen molar-refractivity contribution in [3.05, 3.63) is 70.1 Å². The summed E-state index contributed by atoms with van der Waals surface area (Å²) < 4.78 is 0. The zero-order chi connectivity index (χ0) is 11.5. The van der Waals surface area contributed by atoms with Crippen LogP contribution in [0.5, 0.6) is 5.75 Å². The van der Waals surface area contributed by atoms with Crippen LogP contribution in [0.1, 0.15) is 11.1 Å². The lowest BCUT2D eigenvalue weighted by atomic mass is 10.1. The van der Waals surface area contributed by atoms with Gasteiger partial charge in [0.15, 0.2) is 0 Å². The first kappa shape index (κ1) is 11.3. The van der Waals surface area contributed by atoms with Gasteiger partial charge in [-0.05, 0) is 35.4 Å². The minimum absolute atomic E-state index is 0.0879. The third-order valence-electron chi connectivity index (χ3n) is 2.15. The van der Waals surface area contributed by atoms with Crippen molar-refractivity contribution in [2.45, 2.75) is 0 Å². The van der Waals surface area contributed by atoms with Gasteiger partial charge in [-0.1, -0.05) is 41.4 Å². The summed E-state index contributed by atoms with van der Waals surface area (Å²) in [7, 11) is 0. The Morgan fingerprint density at radius 2 is 1.69 bits per heavy atom. The third kappa shape index (κ3) is 2.69. The van der Waals surface area contributed by atoms with Crippen molar-refractivity contribution in [1.82, 2.24) is 0 Å². The number of halogens is 2. The molecule has 0 aromatic heterocycles. The van der Waals surface area contributed by atoms with Crippen molar-refractivity contribution in [2.75, 3.05) is 0 Å². The lowest BCUT2D eigenvalue weighted by Gasteiger charge is -2.03. The van der Waals surface area contributed by atoms with Crippen molar-refractivity contribution < 1.29 is 5.11 Å². The van der Waals surface area contributed by atoms with Crippen molar-refractivity contribution in [2.24, 2.45) is 0 Å². The number of aromatic hydroxyl groups is 1. The fourth-order valence-corrected chi connectivity index (χ4v) is 1.79. The van der Waals surface area contributed by atoms with E-state index in [1.807, 2.05) is 30.7 Å². The summed E-state index contributed by atoms with van der Waals surface area (Å²) in [6, 6.07) is 12.6. The number of phenols is 1. The average Bonchev–Trinajstić information content (AvgIpc) is 2.24. The molecule has 0 aliphatic heterocycles. The maximum absolute atomic E-state index is 9.29. The Kier molecular flexibility index (Phi) is 3.37. The molecule has 1 radical (unpaired) electrons. The van der Waals surface area contributed by atoms with Gasteiger partial charge in [-0.25, -0.2) is 0 Å². The quantitative estimate of drug-likeness (QED) is 0.844. The van der Waals surface area contributed by atoms with Crippen molar-refractivity contribution >= 4 is 23.2 Å². The second-order valence-corrected chi connectivity index (χ2v) is 4.25. The predicted molar refractivity (Wildman–Crippen MR) is 67.1 cm³/mol. The number of benzene rings is 2. The first-order valence-corrected chi connectivity index (χ1v) is 5.49. The Morgan fingerprint density at radius 1 is 0.938 bits per heavy atom. The molecule has 0 aliphatic rings. The second-order valence-electron chi connectivity index (χ2n) is 3.41. The van der Waals surface area contributed by atoms with Gasteiger partial charge in [-0.3, -0.25) is 0 Å². The van der Waals surface area contributed by atoms with E-state index in [-0.39, 0.29) is 5.75 Å². The van der Waals surface area contributed by atoms with E-state index in [1.54, 1.807) is 18.2 Å². The number of phenolic OH excluding ortho intramolecular Hbond substituents is 1. The summed E-state index contributed by atoms with van der Waals surface area (Å²) in [5.74, 6) is 0.0879. The summed E-state index contributed by atoms with van der Waals surface area (Å²) in [6.07, 6.45) is 1.94. The van der Waals surface area contributed by atoms with Crippen molar-refractivity contribution in [3.8, 4) is 5.75 Å². The number of hydrogen-bond acceptors (Lipinski definition) is 1. The zero-order valence-electron chi connectivity index (χ0n) is 8.32. The molecule has 81 valence electrons. The lowest BCUT2D eigenvalue weighted by Crippen LogP contribution is -1.85. The number of hydrogen-bond donors (Lipinski definition) is 1. The van der Waals surface area contributed by atoms with Gasteiger partial charge >= 0.3 is 0 Å². The van der Waals surface area contributed by atoms with Gasteiger partial charge in [0, 0.05) is 11.4 Å². The minimum Gasteiger partial charge on any atom is -0.506 e. The standard InChI is InChI=1S/C13H9Cl2O/c14-11-3-1-2-9(7-11)6-10-4-5-13(16)12(15)8-10/h1-8,16H. The predicted octanol–water partition coefficient (Wildman–Crippen LogP) is 4.30. The molecule has 0 fully saturated rings. The molecule has 1 N–H and O–H groups in total. The van der Waals surface area contributed by atoms with E-state index in [0.717, 1.165) is 11.1 Å². The molecule has 2 aromatic carbocycles. The Hall–Kier alpha value is -1.18. The summed E-state index contributed by atoms with van der Waals surface area (Å²) in [5.41, 5.74) is 1.92. The fourth-order valence-electron chi connectivity index (χ4n) is 1.40. The molecular weight excluding hydrogens is 243 g/mol. The van der Waals surface area contributed by atoms with Gasteiger partial charge in [0.05, 0.1) is 5.02 Å². The molecule has 0 unspecified atom stereocenters. The van der Waals surface area contributed by atoms with Crippen LogP contribution < -0.4 is 0 Å². The molecule has 3 heteroatoms. The van der Waals surface area contributed by atoms with E-state index in [4.69, 9.17) is 23.2 Å². The van der Waals surface area contributed by atoms with Crippen LogP contribution in [0, 0.1) is 6.42 Å². The van der Waals surface area contributed by atoms with E-state index >= 15 is 0 Å². The Morgan fingerprint density at radius 3 is 2.38 bits per heavy atom. The van der Waals surface area contributed by atoms with Crippen LogP contribution in [0.2, 0.25) is 10.0 Å². The van der Waals surface area contributed by atoms with Gasteiger partial charge in [0.2, 0.25) is 0 Å². The minimum atomic E-state index is 0.0879. The molecule has 16 heavy (non-hydrogen) atoms. The van der Waals surface area contributed by atoms with Gasteiger partial charge in [-0.15, -0.1) is 0 Å². The first-order chi connectivity index (χ1) is 7.65. The molecule has 0 saturated heterocycles. The first-order valence-electron chi connectivity index (χ1n) is 4.74. The van der Waals surface area contributed by atoms with Crippen LogP contribution in [0.15, 0.2) is 42.5 Å². The second kappa shape index (κ2) is 4.77. The van der Waals surface area contributed by atoms with Crippen molar-refractivity contribution in [3.63, 3.8) is 0 Å². The van der Waals surface area contributed by atoms with E-state index in [0.29, 0.717) is 10.0 Å². The Labute approximate surface area is 104 Å². The Balaban J connectivity index is 2.24. The highest BCUT2D eigenvalue weighted by atomic mass is 35.5. The number of rotatable bonds is 2. The zero-order valence-corrected chi connectivity index (χ0v) is 9.83. The van der Waals surface area contributed by atoms with E-state index < -0.39 is 0 Å². The van der Waals surface area contributed by atoms with Crippen LogP contribution in [-0.2, 0) is 0 Å². The van der Waals surface area contributed by atoms with Gasteiger partial charge in [-0.2, -0.15) is 0 Å². The van der Waals surface area contributed by atoms with Crippen LogP contribution in [-0.4, -0.2) is 5.11 Å². The lowest BCUT2D eigenvalue weighted by molar-refractivity contribution is 0.475. The summed E-state index contributed by atoms with van der Waals surface area (Å²) >= 11 is 11.7. The molecule has 0 spiro atoms. The van der Waals surface area contributed by atoms with Crippen LogP contribution in [0.25, 0.3) is 0 Å². The SMILES string of the molecule is Oc1ccc([CH]c2cccc(Cl)c2)cc1Cl. The Bertz CT molecular complexity index is 509. The molecule has 0 amide bonds. The maximum atomic E-state index is 9.29. The topological polar surface area (TPSA) is 20.2 Å². The molecule has 1 nitrogen and oxygen atoms in total. The smallest absolute Gasteiger partial charge is 0.134 e.